The highest BCUT2D eigenvalue weighted by atomic mass is 127. The van der Waals surface area contributed by atoms with Crippen molar-refractivity contribution in [1.29, 1.82) is 0 Å². The normalized spacial score (nSPS) is 12.6. The van der Waals surface area contributed by atoms with Gasteiger partial charge in [0.05, 0.1) is 0 Å². The maximum Gasteiger partial charge on any atom is 0.120 e. The number of rotatable bonds is 2. The molecule has 0 fully saturated rings. The van der Waals surface area contributed by atoms with Crippen molar-refractivity contribution in [2.75, 3.05) is 7.05 Å². The van der Waals surface area contributed by atoms with Crippen molar-refractivity contribution in [3.05, 3.63) is 12.2 Å². The van der Waals surface area contributed by atoms with E-state index in [2.05, 4.69) is 33.1 Å². The van der Waals surface area contributed by atoms with Crippen LogP contribution in [0.4, 0.5) is 0 Å². The lowest BCUT2D eigenvalue weighted by atomic mass is 10.6. The molecule has 1 N–H and O–H groups in total. The van der Waals surface area contributed by atoms with E-state index in [4.69, 9.17) is 0 Å². The first-order chi connectivity index (χ1) is 3.81. The third kappa shape index (κ3) is 4.11. The SMILES string of the molecule is C/C=C\C(I)=N/NC. The van der Waals surface area contributed by atoms with Gasteiger partial charge in [0, 0.05) is 7.05 Å². The highest BCUT2D eigenvalue weighted by molar-refractivity contribution is 14.1. The fourth-order valence-electron chi connectivity index (χ4n) is 0.282. The van der Waals surface area contributed by atoms with E-state index < -0.39 is 0 Å². The topological polar surface area (TPSA) is 24.4 Å². The quantitative estimate of drug-likeness (QED) is 0.429. The molecule has 0 heterocycles. The Morgan fingerprint density at radius 1 is 1.75 bits per heavy atom. The van der Waals surface area contributed by atoms with Gasteiger partial charge in [-0.1, -0.05) is 6.08 Å². The summed E-state index contributed by atoms with van der Waals surface area (Å²) in [6.45, 7) is 1.96. The fourth-order valence-corrected chi connectivity index (χ4v) is 0.882. The van der Waals surface area contributed by atoms with Gasteiger partial charge in [0.1, 0.15) is 3.72 Å². The van der Waals surface area contributed by atoms with Crippen LogP contribution >= 0.6 is 22.6 Å². The standard InChI is InChI=1S/C5H9IN2/c1-3-4-5(6)8-7-2/h3-4,7H,1-2H3/b4-3-,8-5+. The summed E-state index contributed by atoms with van der Waals surface area (Å²) >= 11 is 2.14. The highest BCUT2D eigenvalue weighted by Crippen LogP contribution is 1.89. The van der Waals surface area contributed by atoms with Gasteiger partial charge >= 0.3 is 0 Å². The summed E-state index contributed by atoms with van der Waals surface area (Å²) in [6.07, 6.45) is 3.87. The van der Waals surface area contributed by atoms with Crippen LogP contribution in [0.3, 0.4) is 0 Å². The van der Waals surface area contributed by atoms with Crippen molar-refractivity contribution in [1.82, 2.24) is 5.43 Å². The van der Waals surface area contributed by atoms with Crippen LogP contribution in [-0.4, -0.2) is 10.8 Å². The Morgan fingerprint density at radius 2 is 2.38 bits per heavy atom. The molecule has 0 aliphatic rings. The molecule has 2 nitrogen and oxygen atoms in total. The minimum atomic E-state index is 0.965. The van der Waals surface area contributed by atoms with Gasteiger partial charge in [-0.05, 0) is 35.6 Å². The zero-order chi connectivity index (χ0) is 6.41. The monoisotopic (exact) mass is 224 g/mol. The molecule has 0 rings (SSSR count). The summed E-state index contributed by atoms with van der Waals surface area (Å²) in [7, 11) is 1.78. The number of halogens is 1. The summed E-state index contributed by atoms with van der Waals surface area (Å²) in [4.78, 5) is 0. The zero-order valence-corrected chi connectivity index (χ0v) is 7.14. The van der Waals surface area contributed by atoms with E-state index in [0.29, 0.717) is 0 Å². The Labute approximate surface area is 63.2 Å². The minimum Gasteiger partial charge on any atom is -0.312 e. The lowest BCUT2D eigenvalue weighted by molar-refractivity contribution is 0.908. The van der Waals surface area contributed by atoms with Crippen LogP contribution in [0.25, 0.3) is 0 Å². The summed E-state index contributed by atoms with van der Waals surface area (Å²) in [5, 5.41) is 3.88. The number of nitrogens with one attached hydrogen (secondary N) is 1. The van der Waals surface area contributed by atoms with E-state index in [9.17, 15) is 0 Å². The summed E-state index contributed by atoms with van der Waals surface area (Å²) in [5.41, 5.74) is 2.68. The van der Waals surface area contributed by atoms with Gasteiger partial charge < -0.3 is 5.43 Å². The lowest BCUT2D eigenvalue weighted by Crippen LogP contribution is -1.95. The number of nitrogens with zero attached hydrogens (tertiary/aromatic N) is 1. The van der Waals surface area contributed by atoms with Crippen molar-refractivity contribution >= 4 is 26.3 Å². The molecule has 0 atom stereocenters. The minimum absolute atomic E-state index is 0.965. The first-order valence-corrected chi connectivity index (χ1v) is 3.41. The second-order valence-corrected chi connectivity index (χ2v) is 2.26. The average Bonchev–Trinajstić information content (AvgIpc) is 1.68. The Kier molecular flexibility index (Phi) is 5.05. The molecule has 0 unspecified atom stereocenters. The van der Waals surface area contributed by atoms with Gasteiger partial charge in [-0.2, -0.15) is 5.10 Å². The molecule has 0 saturated carbocycles. The number of hydrazone groups is 1. The Balaban J connectivity index is 3.61. The molecule has 0 amide bonds. The average molecular weight is 224 g/mol. The second-order valence-electron chi connectivity index (χ2n) is 1.16. The smallest absolute Gasteiger partial charge is 0.120 e. The molecule has 8 heavy (non-hydrogen) atoms. The molecule has 0 aliphatic heterocycles. The van der Waals surface area contributed by atoms with Crippen LogP contribution in [-0.2, 0) is 0 Å². The summed E-state index contributed by atoms with van der Waals surface area (Å²) in [6, 6.07) is 0. The van der Waals surface area contributed by atoms with Gasteiger partial charge in [-0.25, -0.2) is 0 Å². The first-order valence-electron chi connectivity index (χ1n) is 2.34. The van der Waals surface area contributed by atoms with Crippen molar-refractivity contribution in [3.8, 4) is 0 Å². The molecule has 0 saturated heterocycles. The van der Waals surface area contributed by atoms with Crippen molar-refractivity contribution in [2.45, 2.75) is 6.92 Å². The molecule has 0 spiro atoms. The summed E-state index contributed by atoms with van der Waals surface area (Å²) in [5.74, 6) is 0. The molecule has 0 aromatic carbocycles. The van der Waals surface area contributed by atoms with E-state index in [1.165, 1.54) is 0 Å². The second kappa shape index (κ2) is 5.08. The lowest BCUT2D eigenvalue weighted by Gasteiger charge is -1.85. The predicted octanol–water partition coefficient (Wildman–Crippen LogP) is 1.53. The van der Waals surface area contributed by atoms with Crippen LogP contribution < -0.4 is 5.43 Å². The van der Waals surface area contributed by atoms with E-state index in [0.717, 1.165) is 3.72 Å². The van der Waals surface area contributed by atoms with E-state index in [-0.39, 0.29) is 0 Å². The van der Waals surface area contributed by atoms with Crippen LogP contribution in [0.5, 0.6) is 0 Å². The van der Waals surface area contributed by atoms with E-state index in [1.807, 2.05) is 19.1 Å². The van der Waals surface area contributed by atoms with Gasteiger partial charge in [0.15, 0.2) is 0 Å². The third-order valence-electron chi connectivity index (χ3n) is 0.523. The van der Waals surface area contributed by atoms with Gasteiger partial charge in [-0.15, -0.1) is 0 Å². The Bertz CT molecular complexity index is 107. The van der Waals surface area contributed by atoms with Crippen molar-refractivity contribution < 1.29 is 0 Å². The summed E-state index contributed by atoms with van der Waals surface area (Å²) < 4.78 is 0.965. The molecular formula is C5H9IN2. The Morgan fingerprint density at radius 3 is 2.75 bits per heavy atom. The van der Waals surface area contributed by atoms with Crippen LogP contribution in [0.2, 0.25) is 0 Å². The van der Waals surface area contributed by atoms with Gasteiger partial charge in [0.2, 0.25) is 0 Å². The van der Waals surface area contributed by atoms with Gasteiger partial charge in [0.25, 0.3) is 0 Å². The first kappa shape index (κ1) is 7.94. The van der Waals surface area contributed by atoms with Crippen LogP contribution in [0, 0.1) is 0 Å². The molecule has 0 radical (unpaired) electrons. The molecule has 0 aromatic heterocycles. The zero-order valence-electron chi connectivity index (χ0n) is 4.98. The molecule has 0 bridgehead atoms. The van der Waals surface area contributed by atoms with E-state index >= 15 is 0 Å². The number of hydrogen-bond donors (Lipinski definition) is 1. The van der Waals surface area contributed by atoms with Crippen LogP contribution in [0.15, 0.2) is 17.3 Å². The molecule has 0 aromatic rings. The Hall–Kier alpha value is -0.0600. The van der Waals surface area contributed by atoms with E-state index in [1.54, 1.807) is 7.05 Å². The number of allylic oxidation sites excluding steroid dienone is 2. The largest absolute Gasteiger partial charge is 0.312 e. The highest BCUT2D eigenvalue weighted by Gasteiger charge is 1.77. The maximum atomic E-state index is 3.88. The molecule has 46 valence electrons. The fraction of sp³-hybridized carbons (Fsp3) is 0.400. The van der Waals surface area contributed by atoms with Crippen LogP contribution in [0.1, 0.15) is 6.92 Å². The number of hydrogen-bond acceptors (Lipinski definition) is 2. The molecule has 0 aliphatic carbocycles. The van der Waals surface area contributed by atoms with Crippen molar-refractivity contribution in [2.24, 2.45) is 5.10 Å². The van der Waals surface area contributed by atoms with Gasteiger partial charge in [-0.3, -0.25) is 0 Å². The molecule has 3 heteroatoms. The molecular weight excluding hydrogens is 215 g/mol. The van der Waals surface area contributed by atoms with Crippen molar-refractivity contribution in [3.63, 3.8) is 0 Å². The maximum absolute atomic E-state index is 3.88. The third-order valence-corrected chi connectivity index (χ3v) is 1.12. The predicted molar refractivity (Wildman–Crippen MR) is 45.3 cm³/mol.